The van der Waals surface area contributed by atoms with Gasteiger partial charge in [-0.2, -0.15) is 0 Å². The molecular weight excluding hydrogens is 358 g/mol. The second-order valence-corrected chi connectivity index (χ2v) is 6.79. The van der Waals surface area contributed by atoms with Crippen molar-refractivity contribution < 1.29 is 14.3 Å². The molecule has 1 aromatic rings. The second-order valence-electron chi connectivity index (χ2n) is 5.87. The summed E-state index contributed by atoms with van der Waals surface area (Å²) in [6, 6.07) is 7.57. The van der Waals surface area contributed by atoms with Gasteiger partial charge in [0.15, 0.2) is 0 Å². The van der Waals surface area contributed by atoms with Crippen LogP contribution in [0.15, 0.2) is 45.6 Å². The molecule has 2 rings (SSSR count). The summed E-state index contributed by atoms with van der Waals surface area (Å²) < 4.78 is 5.83. The molecule has 0 saturated carbocycles. The first-order valence-electron chi connectivity index (χ1n) is 7.43. The van der Waals surface area contributed by atoms with E-state index in [2.05, 4.69) is 15.9 Å². The Balaban J connectivity index is 2.49. The zero-order chi connectivity index (χ0) is 17.1. The molecule has 1 aliphatic rings. The van der Waals surface area contributed by atoms with Gasteiger partial charge in [0.05, 0.1) is 18.3 Å². The highest BCUT2D eigenvalue weighted by molar-refractivity contribution is 9.10. The first-order chi connectivity index (χ1) is 10.8. The number of amides is 1. The van der Waals surface area contributed by atoms with Gasteiger partial charge in [0.1, 0.15) is 0 Å². The average Bonchev–Trinajstić information content (AvgIpc) is 2.73. The van der Waals surface area contributed by atoms with Crippen LogP contribution >= 0.6 is 15.9 Å². The van der Waals surface area contributed by atoms with Crippen LogP contribution < -0.4 is 0 Å². The number of benzene rings is 1. The standard InChI is InChI=1S/C18H20BrNO3/c1-11(2)10-20-12(3)16(18(22)23-4)15(17(20)21)9-13-5-7-14(19)8-6-13/h5-9,11H,10H2,1-4H3. The van der Waals surface area contributed by atoms with Crippen LogP contribution in [0.5, 0.6) is 0 Å². The number of hydrogen-bond acceptors (Lipinski definition) is 3. The van der Waals surface area contributed by atoms with Crippen molar-refractivity contribution in [1.29, 1.82) is 0 Å². The number of allylic oxidation sites excluding steroid dienone is 1. The van der Waals surface area contributed by atoms with Crippen LogP contribution in [-0.2, 0) is 14.3 Å². The van der Waals surface area contributed by atoms with Gasteiger partial charge in [-0.25, -0.2) is 4.79 Å². The van der Waals surface area contributed by atoms with Crippen molar-refractivity contribution in [3.63, 3.8) is 0 Å². The Bertz CT molecular complexity index is 687. The van der Waals surface area contributed by atoms with E-state index in [1.165, 1.54) is 7.11 Å². The zero-order valence-electron chi connectivity index (χ0n) is 13.7. The molecule has 0 saturated heterocycles. The molecule has 0 aliphatic carbocycles. The van der Waals surface area contributed by atoms with Gasteiger partial charge in [0.25, 0.3) is 5.91 Å². The van der Waals surface area contributed by atoms with E-state index < -0.39 is 5.97 Å². The van der Waals surface area contributed by atoms with Crippen molar-refractivity contribution in [2.24, 2.45) is 5.92 Å². The highest BCUT2D eigenvalue weighted by atomic mass is 79.9. The Hall–Kier alpha value is -1.88. The lowest BCUT2D eigenvalue weighted by atomic mass is 10.0. The van der Waals surface area contributed by atoms with Crippen molar-refractivity contribution in [2.75, 3.05) is 13.7 Å². The van der Waals surface area contributed by atoms with Crippen LogP contribution in [0.2, 0.25) is 0 Å². The third-order valence-corrected chi connectivity index (χ3v) is 4.16. The summed E-state index contributed by atoms with van der Waals surface area (Å²) in [6.07, 6.45) is 1.74. The molecule has 5 heteroatoms. The molecule has 4 nitrogen and oxygen atoms in total. The van der Waals surface area contributed by atoms with E-state index in [0.29, 0.717) is 29.3 Å². The quantitative estimate of drug-likeness (QED) is 0.592. The molecule has 1 amide bonds. The lowest BCUT2D eigenvalue weighted by molar-refractivity contribution is -0.136. The predicted octanol–water partition coefficient (Wildman–Crippen LogP) is 3.78. The fraction of sp³-hybridized carbons (Fsp3) is 0.333. The molecule has 1 aliphatic heterocycles. The van der Waals surface area contributed by atoms with Crippen molar-refractivity contribution in [1.82, 2.24) is 4.90 Å². The molecule has 0 radical (unpaired) electrons. The SMILES string of the molecule is COC(=O)C1=C(C)N(CC(C)C)C(=O)C1=Cc1ccc(Br)cc1. The molecule has 1 heterocycles. The van der Waals surface area contributed by atoms with E-state index in [4.69, 9.17) is 4.74 Å². The van der Waals surface area contributed by atoms with Crippen LogP contribution in [-0.4, -0.2) is 30.4 Å². The van der Waals surface area contributed by atoms with Crippen molar-refractivity contribution in [3.8, 4) is 0 Å². The van der Waals surface area contributed by atoms with Crippen LogP contribution in [0.3, 0.4) is 0 Å². The van der Waals surface area contributed by atoms with E-state index in [1.807, 2.05) is 38.1 Å². The number of ether oxygens (including phenoxy) is 1. The van der Waals surface area contributed by atoms with Gasteiger partial charge in [-0.1, -0.05) is 41.9 Å². The molecular formula is C18H20BrNO3. The van der Waals surface area contributed by atoms with Crippen molar-refractivity contribution in [3.05, 3.63) is 51.1 Å². The summed E-state index contributed by atoms with van der Waals surface area (Å²) in [7, 11) is 1.33. The van der Waals surface area contributed by atoms with Crippen LogP contribution in [0.25, 0.3) is 6.08 Å². The molecule has 23 heavy (non-hydrogen) atoms. The number of halogens is 1. The minimum Gasteiger partial charge on any atom is -0.465 e. The average molecular weight is 378 g/mol. The second kappa shape index (κ2) is 7.13. The Kier molecular flexibility index (Phi) is 5.42. The molecule has 0 atom stereocenters. The Morgan fingerprint density at radius 3 is 2.43 bits per heavy atom. The van der Waals surface area contributed by atoms with Crippen molar-refractivity contribution >= 4 is 33.9 Å². The first-order valence-corrected chi connectivity index (χ1v) is 8.23. The summed E-state index contributed by atoms with van der Waals surface area (Å²) in [4.78, 5) is 26.6. The molecule has 122 valence electrons. The maximum atomic E-state index is 12.8. The normalized spacial score (nSPS) is 16.7. The highest BCUT2D eigenvalue weighted by Crippen LogP contribution is 2.32. The van der Waals surface area contributed by atoms with E-state index in [0.717, 1.165) is 10.0 Å². The molecule has 0 aromatic heterocycles. The van der Waals surface area contributed by atoms with Gasteiger partial charge in [-0.15, -0.1) is 0 Å². The summed E-state index contributed by atoms with van der Waals surface area (Å²) in [5, 5.41) is 0. The third kappa shape index (κ3) is 3.72. The number of nitrogens with zero attached hydrogens (tertiary/aromatic N) is 1. The summed E-state index contributed by atoms with van der Waals surface area (Å²) in [5.74, 6) is -0.329. The molecule has 0 spiro atoms. The summed E-state index contributed by atoms with van der Waals surface area (Å²) in [5.41, 5.74) is 2.24. The lowest BCUT2D eigenvalue weighted by Gasteiger charge is -2.19. The van der Waals surface area contributed by atoms with Gasteiger partial charge < -0.3 is 9.64 Å². The summed E-state index contributed by atoms with van der Waals surface area (Å²) >= 11 is 3.38. The number of methoxy groups -OCH3 is 1. The Morgan fingerprint density at radius 2 is 1.91 bits per heavy atom. The fourth-order valence-electron chi connectivity index (χ4n) is 2.54. The van der Waals surface area contributed by atoms with Crippen LogP contribution in [0.1, 0.15) is 26.3 Å². The first kappa shape index (κ1) is 17.5. The molecule has 0 N–H and O–H groups in total. The van der Waals surface area contributed by atoms with Gasteiger partial charge in [0, 0.05) is 16.7 Å². The maximum Gasteiger partial charge on any atom is 0.340 e. The molecule has 0 fully saturated rings. The smallest absolute Gasteiger partial charge is 0.340 e. The topological polar surface area (TPSA) is 46.6 Å². The van der Waals surface area contributed by atoms with Crippen molar-refractivity contribution in [2.45, 2.75) is 20.8 Å². The van der Waals surface area contributed by atoms with E-state index >= 15 is 0 Å². The fourth-order valence-corrected chi connectivity index (χ4v) is 2.80. The van der Waals surface area contributed by atoms with E-state index in [9.17, 15) is 9.59 Å². The number of esters is 1. The molecule has 0 bridgehead atoms. The molecule has 0 unspecified atom stereocenters. The third-order valence-electron chi connectivity index (χ3n) is 3.63. The largest absolute Gasteiger partial charge is 0.465 e. The number of carbonyl (C=O) groups is 2. The predicted molar refractivity (Wildman–Crippen MR) is 93.4 cm³/mol. The van der Waals surface area contributed by atoms with E-state index in [1.54, 1.807) is 17.9 Å². The Morgan fingerprint density at radius 1 is 1.30 bits per heavy atom. The highest BCUT2D eigenvalue weighted by Gasteiger charge is 2.36. The summed E-state index contributed by atoms with van der Waals surface area (Å²) in [6.45, 7) is 6.43. The van der Waals surface area contributed by atoms with Gasteiger partial charge in [-0.3, -0.25) is 4.79 Å². The van der Waals surface area contributed by atoms with Gasteiger partial charge >= 0.3 is 5.97 Å². The van der Waals surface area contributed by atoms with Gasteiger partial charge in [0.2, 0.25) is 0 Å². The zero-order valence-corrected chi connectivity index (χ0v) is 15.3. The van der Waals surface area contributed by atoms with E-state index in [-0.39, 0.29) is 5.91 Å². The maximum absolute atomic E-state index is 12.8. The van der Waals surface area contributed by atoms with Crippen LogP contribution in [0.4, 0.5) is 0 Å². The Labute approximate surface area is 144 Å². The lowest BCUT2D eigenvalue weighted by Crippen LogP contribution is -2.28. The monoisotopic (exact) mass is 377 g/mol. The number of carbonyl (C=O) groups excluding carboxylic acids is 2. The molecule has 1 aromatic carbocycles. The minimum absolute atomic E-state index is 0.153. The van der Waals surface area contributed by atoms with Crippen LogP contribution in [0, 0.1) is 5.92 Å². The number of hydrogen-bond donors (Lipinski definition) is 0. The minimum atomic E-state index is -0.481. The number of rotatable bonds is 4. The van der Waals surface area contributed by atoms with Gasteiger partial charge in [-0.05, 0) is 36.6 Å².